The molecule has 0 radical (unpaired) electrons. The Hall–Kier alpha value is -2.22. The van der Waals surface area contributed by atoms with Crippen LogP contribution < -0.4 is 5.32 Å². The first-order valence-electron chi connectivity index (χ1n) is 5.48. The number of nitrogens with zero attached hydrogens (tertiary/aromatic N) is 2. The lowest BCUT2D eigenvalue weighted by Gasteiger charge is -2.20. The van der Waals surface area contributed by atoms with Gasteiger partial charge in [-0.2, -0.15) is 0 Å². The second-order valence-corrected chi connectivity index (χ2v) is 5.42. The first-order chi connectivity index (χ1) is 9.03. The predicted octanol–water partition coefficient (Wildman–Crippen LogP) is 2.68. The van der Waals surface area contributed by atoms with E-state index in [2.05, 4.69) is 5.32 Å². The van der Waals surface area contributed by atoms with Gasteiger partial charge in [0.2, 0.25) is 0 Å². The second-order valence-electron chi connectivity index (χ2n) is 5.05. The van der Waals surface area contributed by atoms with E-state index in [1.807, 2.05) is 0 Å². The number of hydrogen-bond acceptors (Lipinski definition) is 5. The standard InChI is InChI=1S/C11H12ClN3O5/c1-11(2,3)13-10(16)6-4-7(14(17)18)9(12)8(5-6)15(19)20/h4-5H,1-3H3,(H,13,16). The molecule has 0 atom stereocenters. The molecule has 0 heterocycles. The van der Waals surface area contributed by atoms with Gasteiger partial charge in [0.05, 0.1) is 15.4 Å². The summed E-state index contributed by atoms with van der Waals surface area (Å²) in [5.41, 5.74) is -2.14. The number of amides is 1. The molecule has 0 aliphatic carbocycles. The van der Waals surface area contributed by atoms with E-state index in [0.29, 0.717) is 0 Å². The molecule has 9 heteroatoms. The van der Waals surface area contributed by atoms with Gasteiger partial charge < -0.3 is 5.32 Å². The molecular formula is C11H12ClN3O5. The number of carbonyl (C=O) groups excluding carboxylic acids is 1. The minimum absolute atomic E-state index is 0.192. The summed E-state index contributed by atoms with van der Waals surface area (Å²) in [7, 11) is 0. The van der Waals surface area contributed by atoms with Crippen LogP contribution in [0.2, 0.25) is 5.02 Å². The molecule has 1 amide bonds. The van der Waals surface area contributed by atoms with Crippen LogP contribution in [-0.2, 0) is 0 Å². The minimum atomic E-state index is -0.872. The average molecular weight is 302 g/mol. The number of nitrogens with one attached hydrogen (secondary N) is 1. The number of nitro benzene ring substituents is 2. The molecule has 0 bridgehead atoms. The Balaban J connectivity index is 3.38. The normalized spacial score (nSPS) is 11.0. The maximum atomic E-state index is 11.9. The molecule has 8 nitrogen and oxygen atoms in total. The third-order valence-electron chi connectivity index (χ3n) is 2.18. The van der Waals surface area contributed by atoms with Gasteiger partial charge in [-0.15, -0.1) is 0 Å². The molecule has 0 unspecified atom stereocenters. The molecule has 0 aliphatic rings. The van der Waals surface area contributed by atoms with Gasteiger partial charge in [0.1, 0.15) is 0 Å². The quantitative estimate of drug-likeness (QED) is 0.680. The van der Waals surface area contributed by atoms with Gasteiger partial charge in [-0.25, -0.2) is 0 Å². The van der Waals surface area contributed by atoms with Crippen LogP contribution in [0.3, 0.4) is 0 Å². The largest absolute Gasteiger partial charge is 0.347 e. The zero-order valence-electron chi connectivity index (χ0n) is 11.0. The highest BCUT2D eigenvalue weighted by Gasteiger charge is 2.28. The number of halogens is 1. The van der Waals surface area contributed by atoms with Crippen molar-refractivity contribution in [1.82, 2.24) is 5.32 Å². The Morgan fingerprint density at radius 3 is 1.85 bits per heavy atom. The summed E-state index contributed by atoms with van der Waals surface area (Å²) in [5.74, 6) is -0.652. The van der Waals surface area contributed by atoms with Crippen molar-refractivity contribution in [1.29, 1.82) is 0 Å². The van der Waals surface area contributed by atoms with Crippen molar-refractivity contribution in [2.75, 3.05) is 0 Å². The fourth-order valence-electron chi connectivity index (χ4n) is 1.40. The van der Waals surface area contributed by atoms with Gasteiger partial charge in [-0.3, -0.25) is 25.0 Å². The van der Waals surface area contributed by atoms with Gasteiger partial charge >= 0.3 is 0 Å². The second kappa shape index (κ2) is 5.41. The third-order valence-corrected chi connectivity index (χ3v) is 2.57. The van der Waals surface area contributed by atoms with Crippen LogP contribution in [0, 0.1) is 20.2 Å². The van der Waals surface area contributed by atoms with Crippen molar-refractivity contribution >= 4 is 28.9 Å². The highest BCUT2D eigenvalue weighted by atomic mass is 35.5. The van der Waals surface area contributed by atoms with Crippen LogP contribution >= 0.6 is 11.6 Å². The molecule has 20 heavy (non-hydrogen) atoms. The summed E-state index contributed by atoms with van der Waals surface area (Å²) in [5, 5.41) is 23.6. The third kappa shape index (κ3) is 3.64. The van der Waals surface area contributed by atoms with Crippen molar-refractivity contribution in [2.45, 2.75) is 26.3 Å². The number of rotatable bonds is 3. The first kappa shape index (κ1) is 15.8. The lowest BCUT2D eigenvalue weighted by Crippen LogP contribution is -2.40. The highest BCUT2D eigenvalue weighted by Crippen LogP contribution is 2.34. The van der Waals surface area contributed by atoms with E-state index < -0.39 is 37.7 Å². The van der Waals surface area contributed by atoms with Gasteiger partial charge in [-0.1, -0.05) is 11.6 Å². The molecule has 0 fully saturated rings. The molecule has 0 spiro atoms. The van der Waals surface area contributed by atoms with E-state index in [1.54, 1.807) is 20.8 Å². The zero-order valence-corrected chi connectivity index (χ0v) is 11.7. The van der Waals surface area contributed by atoms with E-state index in [9.17, 15) is 25.0 Å². The summed E-state index contributed by atoms with van der Waals surface area (Å²) < 4.78 is 0. The lowest BCUT2D eigenvalue weighted by atomic mass is 10.1. The fraction of sp³-hybridized carbons (Fsp3) is 0.364. The van der Waals surface area contributed by atoms with Crippen molar-refractivity contribution in [3.63, 3.8) is 0 Å². The molecular weight excluding hydrogens is 290 g/mol. The van der Waals surface area contributed by atoms with Crippen LogP contribution in [0.1, 0.15) is 31.1 Å². The summed E-state index contributed by atoms with van der Waals surface area (Å²) >= 11 is 5.59. The topological polar surface area (TPSA) is 115 Å². The monoisotopic (exact) mass is 301 g/mol. The van der Waals surface area contributed by atoms with E-state index in [1.165, 1.54) is 0 Å². The maximum Gasteiger partial charge on any atom is 0.295 e. The number of carbonyl (C=O) groups is 1. The molecule has 0 saturated carbocycles. The molecule has 1 aromatic carbocycles. The van der Waals surface area contributed by atoms with Crippen molar-refractivity contribution < 1.29 is 14.6 Å². The van der Waals surface area contributed by atoms with E-state index in [0.717, 1.165) is 12.1 Å². The van der Waals surface area contributed by atoms with Gasteiger partial charge in [0, 0.05) is 17.7 Å². The highest BCUT2D eigenvalue weighted by molar-refractivity contribution is 6.35. The van der Waals surface area contributed by atoms with Crippen LogP contribution in [0.4, 0.5) is 11.4 Å². The van der Waals surface area contributed by atoms with Crippen molar-refractivity contribution in [3.05, 3.63) is 42.9 Å². The lowest BCUT2D eigenvalue weighted by molar-refractivity contribution is -0.393. The Morgan fingerprint density at radius 2 is 1.55 bits per heavy atom. The van der Waals surface area contributed by atoms with Crippen molar-refractivity contribution in [2.24, 2.45) is 0 Å². The molecule has 0 aromatic heterocycles. The van der Waals surface area contributed by atoms with Crippen LogP contribution in [0.5, 0.6) is 0 Å². The summed E-state index contributed by atoms with van der Waals surface area (Å²) in [6.45, 7) is 5.14. The van der Waals surface area contributed by atoms with E-state index in [4.69, 9.17) is 11.6 Å². The minimum Gasteiger partial charge on any atom is -0.347 e. The predicted molar refractivity (Wildman–Crippen MR) is 72.0 cm³/mol. The average Bonchev–Trinajstić information content (AvgIpc) is 2.25. The SMILES string of the molecule is CC(C)(C)NC(=O)c1cc([N+](=O)[O-])c(Cl)c([N+](=O)[O-])c1. The summed E-state index contributed by atoms with van der Waals surface area (Å²) in [6, 6.07) is 1.83. The molecule has 0 aliphatic heterocycles. The van der Waals surface area contributed by atoms with Crippen molar-refractivity contribution in [3.8, 4) is 0 Å². The first-order valence-corrected chi connectivity index (χ1v) is 5.85. The van der Waals surface area contributed by atoms with Crippen LogP contribution in [0.15, 0.2) is 12.1 Å². The Bertz CT molecular complexity index is 559. The molecule has 1 rings (SSSR count). The van der Waals surface area contributed by atoms with Crippen LogP contribution in [0.25, 0.3) is 0 Å². The fourth-order valence-corrected chi connectivity index (χ4v) is 1.65. The molecule has 1 aromatic rings. The smallest absolute Gasteiger partial charge is 0.295 e. The summed E-state index contributed by atoms with van der Waals surface area (Å²) in [6.07, 6.45) is 0. The zero-order chi connectivity index (χ0) is 15.7. The Kier molecular flexibility index (Phi) is 4.29. The van der Waals surface area contributed by atoms with Gasteiger partial charge in [0.15, 0.2) is 5.02 Å². The van der Waals surface area contributed by atoms with Crippen LogP contribution in [-0.4, -0.2) is 21.3 Å². The Labute approximate surface area is 119 Å². The van der Waals surface area contributed by atoms with E-state index >= 15 is 0 Å². The van der Waals surface area contributed by atoms with E-state index in [-0.39, 0.29) is 5.56 Å². The number of hydrogen-bond donors (Lipinski definition) is 1. The van der Waals surface area contributed by atoms with Gasteiger partial charge in [-0.05, 0) is 20.8 Å². The Morgan fingerprint density at radius 1 is 1.15 bits per heavy atom. The number of benzene rings is 1. The van der Waals surface area contributed by atoms with Gasteiger partial charge in [0.25, 0.3) is 17.3 Å². The summed E-state index contributed by atoms with van der Waals surface area (Å²) in [4.78, 5) is 31.8. The number of nitro groups is 2. The molecule has 0 saturated heterocycles. The molecule has 108 valence electrons. The maximum absolute atomic E-state index is 11.9. The molecule has 1 N–H and O–H groups in total.